The van der Waals surface area contributed by atoms with E-state index in [1.807, 2.05) is 60.1 Å². The van der Waals surface area contributed by atoms with Gasteiger partial charge in [-0.3, -0.25) is 20.2 Å². The molecular formula is C27H20N6O4. The van der Waals surface area contributed by atoms with Gasteiger partial charge in [0.25, 0.3) is 11.4 Å². The van der Waals surface area contributed by atoms with E-state index in [-0.39, 0.29) is 11.4 Å². The number of non-ortho nitro benzene ring substituents is 2. The molecule has 0 aliphatic rings. The molecule has 37 heavy (non-hydrogen) atoms. The molecule has 10 nitrogen and oxygen atoms in total. The lowest BCUT2D eigenvalue weighted by atomic mass is 10.2. The number of imidazole rings is 2. The molecule has 0 radical (unpaired) electrons. The third-order valence-electron chi connectivity index (χ3n) is 5.86. The number of hydrogen-bond acceptors (Lipinski definition) is 6. The fourth-order valence-corrected chi connectivity index (χ4v) is 3.97. The first-order chi connectivity index (χ1) is 17.9. The quantitative estimate of drug-likeness (QED) is 0.227. The molecular weight excluding hydrogens is 472 g/mol. The van der Waals surface area contributed by atoms with E-state index in [0.29, 0.717) is 5.82 Å². The minimum absolute atomic E-state index is 0.0786. The Kier molecular flexibility index (Phi) is 6.13. The van der Waals surface area contributed by atoms with Crippen molar-refractivity contribution in [1.29, 1.82) is 0 Å². The van der Waals surface area contributed by atoms with Gasteiger partial charge in [-0.2, -0.15) is 0 Å². The van der Waals surface area contributed by atoms with Crippen LogP contribution >= 0.6 is 0 Å². The van der Waals surface area contributed by atoms with Crippen LogP contribution < -0.4 is 0 Å². The number of aromatic amines is 1. The number of rotatable bonds is 4. The highest BCUT2D eigenvalue weighted by Gasteiger charge is 2.11. The van der Waals surface area contributed by atoms with Crippen LogP contribution in [0.5, 0.6) is 0 Å². The molecule has 1 N–H and O–H groups in total. The van der Waals surface area contributed by atoms with Gasteiger partial charge in [0.05, 0.1) is 31.9 Å². The van der Waals surface area contributed by atoms with E-state index in [9.17, 15) is 20.2 Å². The number of aromatic nitrogens is 4. The number of fused-ring (bicyclic) bond motifs is 2. The molecule has 10 heteroatoms. The van der Waals surface area contributed by atoms with Gasteiger partial charge in [0.2, 0.25) is 0 Å². The van der Waals surface area contributed by atoms with E-state index >= 15 is 0 Å². The Hall–Kier alpha value is -5.38. The average Bonchev–Trinajstić information content (AvgIpc) is 3.51. The van der Waals surface area contributed by atoms with Gasteiger partial charge in [-0.25, -0.2) is 9.97 Å². The number of hydrogen-bond donors (Lipinski definition) is 1. The molecule has 6 aromatic rings. The molecule has 0 atom stereocenters. The molecule has 0 spiro atoms. The number of para-hydroxylation sites is 4. The smallest absolute Gasteiger partial charge is 0.269 e. The number of nitrogens with one attached hydrogen (secondary N) is 1. The molecule has 2 aromatic heterocycles. The largest absolute Gasteiger partial charge is 0.338 e. The Morgan fingerprint density at radius 3 is 1.78 bits per heavy atom. The zero-order chi connectivity index (χ0) is 25.9. The predicted octanol–water partition coefficient (Wildman–Crippen LogP) is 6.29. The van der Waals surface area contributed by atoms with Gasteiger partial charge in [0.15, 0.2) is 0 Å². The standard InChI is InChI=1S/C14H11N3O2.C13H9N3O2/c1-16-13-5-3-2-4-12(13)15-14(16)10-6-8-11(9-7-10)17(18)19;17-16(18)10-7-5-9(6-8-10)13-14-11-3-1-2-4-12(11)15-13/h2-9H,1H3;1-8H,(H,14,15). The van der Waals surface area contributed by atoms with E-state index in [4.69, 9.17) is 0 Å². The Morgan fingerprint density at radius 1 is 0.676 bits per heavy atom. The predicted molar refractivity (Wildman–Crippen MR) is 141 cm³/mol. The minimum atomic E-state index is -0.414. The lowest BCUT2D eigenvalue weighted by Gasteiger charge is -2.02. The van der Waals surface area contributed by atoms with Gasteiger partial charge < -0.3 is 9.55 Å². The third kappa shape index (κ3) is 4.76. The van der Waals surface area contributed by atoms with Crippen molar-refractivity contribution >= 4 is 33.4 Å². The Balaban J connectivity index is 0.000000152. The van der Waals surface area contributed by atoms with Gasteiger partial charge in [-0.05, 0) is 48.5 Å². The normalized spacial score (nSPS) is 10.7. The summed E-state index contributed by atoms with van der Waals surface area (Å²) in [6, 6.07) is 28.3. The van der Waals surface area contributed by atoms with Crippen LogP contribution in [0.3, 0.4) is 0 Å². The monoisotopic (exact) mass is 492 g/mol. The summed E-state index contributed by atoms with van der Waals surface area (Å²) in [7, 11) is 1.94. The molecule has 2 heterocycles. The van der Waals surface area contributed by atoms with Crippen LogP contribution in [0.1, 0.15) is 0 Å². The molecule has 0 aliphatic heterocycles. The Bertz CT molecular complexity index is 1700. The van der Waals surface area contributed by atoms with Crippen LogP contribution in [0.4, 0.5) is 11.4 Å². The zero-order valence-corrected chi connectivity index (χ0v) is 19.6. The van der Waals surface area contributed by atoms with E-state index in [1.165, 1.54) is 24.3 Å². The van der Waals surface area contributed by atoms with Crippen molar-refractivity contribution in [3.8, 4) is 22.8 Å². The van der Waals surface area contributed by atoms with Gasteiger partial charge in [0, 0.05) is 42.4 Å². The van der Waals surface area contributed by atoms with Gasteiger partial charge >= 0.3 is 0 Å². The minimum Gasteiger partial charge on any atom is -0.338 e. The summed E-state index contributed by atoms with van der Waals surface area (Å²) in [5.41, 5.74) is 5.64. The maximum absolute atomic E-state index is 10.6. The maximum atomic E-state index is 10.6. The van der Waals surface area contributed by atoms with E-state index in [0.717, 1.165) is 39.0 Å². The zero-order valence-electron chi connectivity index (χ0n) is 19.6. The summed E-state index contributed by atoms with van der Waals surface area (Å²) in [5.74, 6) is 1.52. The Morgan fingerprint density at radius 2 is 1.22 bits per heavy atom. The van der Waals surface area contributed by atoms with Crippen LogP contribution in [0.15, 0.2) is 97.1 Å². The summed E-state index contributed by atoms with van der Waals surface area (Å²) in [6.07, 6.45) is 0. The van der Waals surface area contributed by atoms with Crippen LogP contribution in [-0.2, 0) is 7.05 Å². The lowest BCUT2D eigenvalue weighted by molar-refractivity contribution is -0.385. The van der Waals surface area contributed by atoms with E-state index in [1.54, 1.807) is 24.3 Å². The van der Waals surface area contributed by atoms with Gasteiger partial charge in [-0.15, -0.1) is 0 Å². The third-order valence-corrected chi connectivity index (χ3v) is 5.86. The van der Waals surface area contributed by atoms with Crippen molar-refractivity contribution in [2.24, 2.45) is 7.05 Å². The SMILES string of the molecule is Cn1c(-c2ccc([N+](=O)[O-])cc2)nc2ccccc21.O=[N+]([O-])c1ccc(-c2nc3ccccc3[nH]2)cc1. The molecule has 0 fully saturated rings. The van der Waals surface area contributed by atoms with E-state index < -0.39 is 9.85 Å². The van der Waals surface area contributed by atoms with Crippen LogP contribution in [0.2, 0.25) is 0 Å². The highest BCUT2D eigenvalue weighted by molar-refractivity contribution is 5.81. The summed E-state index contributed by atoms with van der Waals surface area (Å²) < 4.78 is 1.98. The summed E-state index contributed by atoms with van der Waals surface area (Å²) in [5, 5.41) is 21.2. The van der Waals surface area contributed by atoms with Crippen LogP contribution in [-0.4, -0.2) is 29.4 Å². The molecule has 0 saturated heterocycles. The summed E-state index contributed by atoms with van der Waals surface area (Å²) in [4.78, 5) is 32.6. The molecule has 6 rings (SSSR count). The highest BCUT2D eigenvalue weighted by Crippen LogP contribution is 2.25. The van der Waals surface area contributed by atoms with Gasteiger partial charge in [-0.1, -0.05) is 24.3 Å². The van der Waals surface area contributed by atoms with Crippen molar-refractivity contribution in [3.63, 3.8) is 0 Å². The molecule has 0 amide bonds. The second-order valence-corrected chi connectivity index (χ2v) is 8.19. The first-order valence-corrected chi connectivity index (χ1v) is 11.3. The summed E-state index contributed by atoms with van der Waals surface area (Å²) >= 11 is 0. The van der Waals surface area contributed by atoms with Gasteiger partial charge in [0.1, 0.15) is 11.6 Å². The average molecular weight is 492 g/mol. The van der Waals surface area contributed by atoms with Crippen molar-refractivity contribution in [1.82, 2.24) is 19.5 Å². The number of nitro benzene ring substituents is 2. The molecule has 0 bridgehead atoms. The number of nitrogens with zero attached hydrogens (tertiary/aromatic N) is 5. The van der Waals surface area contributed by atoms with Crippen LogP contribution in [0, 0.1) is 20.2 Å². The molecule has 0 saturated carbocycles. The first-order valence-electron chi connectivity index (χ1n) is 11.3. The summed E-state index contributed by atoms with van der Waals surface area (Å²) in [6.45, 7) is 0. The van der Waals surface area contributed by atoms with E-state index in [2.05, 4.69) is 15.0 Å². The molecule has 0 aliphatic carbocycles. The fraction of sp³-hybridized carbons (Fsp3) is 0.0370. The van der Waals surface area contributed by atoms with Crippen molar-refractivity contribution < 1.29 is 9.85 Å². The number of benzene rings is 4. The maximum Gasteiger partial charge on any atom is 0.269 e. The second-order valence-electron chi connectivity index (χ2n) is 8.19. The second kappa shape index (κ2) is 9.70. The van der Waals surface area contributed by atoms with Crippen molar-refractivity contribution in [2.45, 2.75) is 0 Å². The number of aryl methyl sites for hydroxylation is 1. The van der Waals surface area contributed by atoms with Crippen molar-refractivity contribution in [2.75, 3.05) is 0 Å². The van der Waals surface area contributed by atoms with Crippen molar-refractivity contribution in [3.05, 3.63) is 117 Å². The lowest BCUT2D eigenvalue weighted by Crippen LogP contribution is -1.93. The number of H-pyrrole nitrogens is 1. The molecule has 4 aromatic carbocycles. The topological polar surface area (TPSA) is 133 Å². The van der Waals surface area contributed by atoms with Crippen LogP contribution in [0.25, 0.3) is 44.8 Å². The highest BCUT2D eigenvalue weighted by atomic mass is 16.6. The molecule has 182 valence electrons. The number of nitro groups is 2. The molecule has 0 unspecified atom stereocenters. The Labute approximate surface area is 210 Å². The fourth-order valence-electron chi connectivity index (χ4n) is 3.97. The first kappa shape index (κ1) is 23.4.